The summed E-state index contributed by atoms with van der Waals surface area (Å²) in [5, 5.41) is 3.03. The SMILES string of the molecule is COc1ccc(OCCCC(=O)N(Cc2cccc(C)c2)C(Cc2ccccc2)C(=O)NC(C)C)cc1. The molecule has 0 heterocycles. The van der Waals surface area contributed by atoms with Crippen molar-refractivity contribution in [2.24, 2.45) is 0 Å². The standard InChI is InChI=1S/C31H38N2O4/c1-23(2)32-31(35)29(21-25-11-6-5-7-12-25)33(22-26-13-8-10-24(3)20-26)30(34)14-9-19-37-28-17-15-27(36-4)16-18-28/h5-8,10-13,15-18,20,23,29H,9,14,19,21-22H2,1-4H3,(H,32,35). The van der Waals surface area contributed by atoms with E-state index in [0.717, 1.165) is 28.2 Å². The topological polar surface area (TPSA) is 67.9 Å². The Bertz CT molecular complexity index is 1130. The van der Waals surface area contributed by atoms with Crippen LogP contribution in [-0.2, 0) is 22.6 Å². The maximum atomic E-state index is 13.6. The molecule has 3 aromatic carbocycles. The predicted molar refractivity (Wildman–Crippen MR) is 147 cm³/mol. The second-order valence-electron chi connectivity index (χ2n) is 9.51. The van der Waals surface area contributed by atoms with Crippen LogP contribution in [-0.4, -0.2) is 42.5 Å². The average molecular weight is 503 g/mol. The first-order chi connectivity index (χ1) is 17.9. The molecule has 0 saturated carbocycles. The fraction of sp³-hybridized carbons (Fsp3) is 0.355. The van der Waals surface area contributed by atoms with Gasteiger partial charge in [0.25, 0.3) is 0 Å². The van der Waals surface area contributed by atoms with Gasteiger partial charge in [-0.1, -0.05) is 60.2 Å². The number of nitrogens with zero attached hydrogens (tertiary/aromatic N) is 1. The molecule has 6 heteroatoms. The lowest BCUT2D eigenvalue weighted by Gasteiger charge is -2.32. The maximum Gasteiger partial charge on any atom is 0.243 e. The number of hydrogen-bond acceptors (Lipinski definition) is 4. The Kier molecular flexibility index (Phi) is 10.6. The summed E-state index contributed by atoms with van der Waals surface area (Å²) in [6.45, 7) is 6.65. The summed E-state index contributed by atoms with van der Waals surface area (Å²) in [5.41, 5.74) is 3.12. The Hall–Kier alpha value is -3.80. The van der Waals surface area contributed by atoms with Crippen LogP contribution < -0.4 is 14.8 Å². The Morgan fingerprint density at radius 1 is 0.892 bits per heavy atom. The van der Waals surface area contributed by atoms with Crippen LogP contribution in [0.5, 0.6) is 11.5 Å². The van der Waals surface area contributed by atoms with Crippen LogP contribution in [0, 0.1) is 6.92 Å². The van der Waals surface area contributed by atoms with Gasteiger partial charge in [-0.15, -0.1) is 0 Å². The van der Waals surface area contributed by atoms with Crippen LogP contribution in [0.25, 0.3) is 0 Å². The van der Waals surface area contributed by atoms with Gasteiger partial charge in [0, 0.05) is 25.4 Å². The second kappa shape index (κ2) is 14.1. The van der Waals surface area contributed by atoms with Crippen molar-refractivity contribution in [1.82, 2.24) is 10.2 Å². The first-order valence-electron chi connectivity index (χ1n) is 12.8. The van der Waals surface area contributed by atoms with Crippen molar-refractivity contribution < 1.29 is 19.1 Å². The molecule has 0 aliphatic rings. The van der Waals surface area contributed by atoms with E-state index in [1.165, 1.54) is 0 Å². The predicted octanol–water partition coefficient (Wildman–Crippen LogP) is 5.33. The van der Waals surface area contributed by atoms with Gasteiger partial charge in [-0.3, -0.25) is 9.59 Å². The number of hydrogen-bond donors (Lipinski definition) is 1. The highest BCUT2D eigenvalue weighted by atomic mass is 16.5. The van der Waals surface area contributed by atoms with Gasteiger partial charge in [-0.05, 0) is 62.6 Å². The molecular formula is C31H38N2O4. The van der Waals surface area contributed by atoms with Crippen LogP contribution in [0.2, 0.25) is 0 Å². The highest BCUT2D eigenvalue weighted by molar-refractivity contribution is 5.88. The first-order valence-corrected chi connectivity index (χ1v) is 12.8. The fourth-order valence-corrected chi connectivity index (χ4v) is 4.17. The van der Waals surface area contributed by atoms with Crippen molar-refractivity contribution in [2.75, 3.05) is 13.7 Å². The minimum atomic E-state index is -0.625. The van der Waals surface area contributed by atoms with Gasteiger partial charge in [0.05, 0.1) is 13.7 Å². The van der Waals surface area contributed by atoms with E-state index in [2.05, 4.69) is 11.4 Å². The molecule has 1 atom stereocenters. The quantitative estimate of drug-likeness (QED) is 0.321. The summed E-state index contributed by atoms with van der Waals surface area (Å²) < 4.78 is 11.0. The molecule has 37 heavy (non-hydrogen) atoms. The highest BCUT2D eigenvalue weighted by Crippen LogP contribution is 2.19. The van der Waals surface area contributed by atoms with E-state index in [-0.39, 0.29) is 24.3 Å². The minimum Gasteiger partial charge on any atom is -0.497 e. The number of methoxy groups -OCH3 is 1. The Labute approximate surface area is 220 Å². The summed E-state index contributed by atoms with van der Waals surface area (Å²) in [7, 11) is 1.62. The highest BCUT2D eigenvalue weighted by Gasteiger charge is 2.30. The lowest BCUT2D eigenvalue weighted by molar-refractivity contribution is -0.141. The Morgan fingerprint density at radius 2 is 1.57 bits per heavy atom. The van der Waals surface area contributed by atoms with Crippen LogP contribution >= 0.6 is 0 Å². The van der Waals surface area contributed by atoms with Gasteiger partial charge in [-0.2, -0.15) is 0 Å². The zero-order chi connectivity index (χ0) is 26.6. The lowest BCUT2D eigenvalue weighted by Crippen LogP contribution is -2.51. The summed E-state index contributed by atoms with van der Waals surface area (Å²) in [6, 6.07) is 24.6. The molecule has 3 aromatic rings. The van der Waals surface area contributed by atoms with Gasteiger partial charge in [0.15, 0.2) is 0 Å². The van der Waals surface area contributed by atoms with Crippen molar-refractivity contribution >= 4 is 11.8 Å². The number of rotatable bonds is 13. The Balaban J connectivity index is 1.76. The molecule has 0 aliphatic heterocycles. The maximum absolute atomic E-state index is 13.6. The van der Waals surface area contributed by atoms with Gasteiger partial charge in [0.1, 0.15) is 17.5 Å². The Morgan fingerprint density at radius 3 is 2.22 bits per heavy atom. The van der Waals surface area contributed by atoms with Crippen molar-refractivity contribution in [3.05, 3.63) is 95.6 Å². The van der Waals surface area contributed by atoms with E-state index in [4.69, 9.17) is 9.47 Å². The largest absolute Gasteiger partial charge is 0.497 e. The summed E-state index contributed by atoms with van der Waals surface area (Å²) in [5.74, 6) is 1.27. The third kappa shape index (κ3) is 8.98. The molecule has 1 unspecified atom stereocenters. The number of nitrogens with one attached hydrogen (secondary N) is 1. The lowest BCUT2D eigenvalue weighted by atomic mass is 10.0. The van der Waals surface area contributed by atoms with Crippen molar-refractivity contribution in [3.63, 3.8) is 0 Å². The van der Waals surface area contributed by atoms with Gasteiger partial charge >= 0.3 is 0 Å². The van der Waals surface area contributed by atoms with E-state index in [9.17, 15) is 9.59 Å². The zero-order valence-corrected chi connectivity index (χ0v) is 22.3. The van der Waals surface area contributed by atoms with Crippen LogP contribution in [0.3, 0.4) is 0 Å². The number of ether oxygens (including phenoxy) is 2. The average Bonchev–Trinajstić information content (AvgIpc) is 2.89. The third-order valence-electron chi connectivity index (χ3n) is 6.00. The van der Waals surface area contributed by atoms with E-state index in [1.54, 1.807) is 12.0 Å². The molecule has 0 spiro atoms. The smallest absolute Gasteiger partial charge is 0.243 e. The molecule has 0 saturated heterocycles. The van der Waals surface area contributed by atoms with Crippen molar-refractivity contribution in [3.8, 4) is 11.5 Å². The summed E-state index contributed by atoms with van der Waals surface area (Å²) >= 11 is 0. The van der Waals surface area contributed by atoms with Crippen LogP contribution in [0.4, 0.5) is 0 Å². The van der Waals surface area contributed by atoms with Crippen LogP contribution in [0.15, 0.2) is 78.9 Å². The summed E-state index contributed by atoms with van der Waals surface area (Å²) in [6.07, 6.45) is 1.26. The van der Waals surface area contributed by atoms with Crippen molar-refractivity contribution in [2.45, 2.75) is 58.7 Å². The molecule has 3 rings (SSSR count). The number of carbonyl (C=O) groups excluding carboxylic acids is 2. The monoisotopic (exact) mass is 502 g/mol. The number of aryl methyl sites for hydroxylation is 1. The van der Waals surface area contributed by atoms with E-state index >= 15 is 0 Å². The molecule has 6 nitrogen and oxygen atoms in total. The number of benzene rings is 3. The molecule has 1 N–H and O–H groups in total. The molecule has 0 aromatic heterocycles. The molecule has 2 amide bonds. The molecule has 196 valence electrons. The van der Waals surface area contributed by atoms with Gasteiger partial charge in [-0.25, -0.2) is 0 Å². The molecule has 0 fully saturated rings. The molecule has 0 aliphatic carbocycles. The minimum absolute atomic E-state index is 0.0282. The molecular weight excluding hydrogens is 464 g/mol. The van der Waals surface area contributed by atoms with Crippen LogP contribution in [0.1, 0.15) is 43.4 Å². The fourth-order valence-electron chi connectivity index (χ4n) is 4.17. The second-order valence-corrected chi connectivity index (χ2v) is 9.51. The molecule has 0 bridgehead atoms. The van der Waals surface area contributed by atoms with Crippen molar-refractivity contribution in [1.29, 1.82) is 0 Å². The first kappa shape index (κ1) is 27.8. The normalized spacial score (nSPS) is 11.6. The number of carbonyl (C=O) groups is 2. The summed E-state index contributed by atoms with van der Waals surface area (Å²) in [4.78, 5) is 28.7. The van der Waals surface area contributed by atoms with Gasteiger partial charge < -0.3 is 19.7 Å². The zero-order valence-electron chi connectivity index (χ0n) is 22.3. The van der Waals surface area contributed by atoms with E-state index in [0.29, 0.717) is 26.0 Å². The van der Waals surface area contributed by atoms with Gasteiger partial charge in [0.2, 0.25) is 11.8 Å². The number of amides is 2. The van der Waals surface area contributed by atoms with E-state index < -0.39 is 6.04 Å². The van der Waals surface area contributed by atoms with E-state index in [1.807, 2.05) is 93.6 Å². The molecule has 0 radical (unpaired) electrons. The third-order valence-corrected chi connectivity index (χ3v) is 6.00.